The fourth-order valence-corrected chi connectivity index (χ4v) is 3.60. The number of aryl methyl sites for hydroxylation is 1. The van der Waals surface area contributed by atoms with E-state index in [1.165, 1.54) is 5.56 Å². The predicted molar refractivity (Wildman–Crippen MR) is 91.5 cm³/mol. The summed E-state index contributed by atoms with van der Waals surface area (Å²) >= 11 is 0. The number of amides is 2. The van der Waals surface area contributed by atoms with Gasteiger partial charge in [0, 0.05) is 12.2 Å². The number of carbonyl (C=O) groups excluding carboxylic acids is 1. The highest BCUT2D eigenvalue weighted by atomic mass is 16.4. The summed E-state index contributed by atoms with van der Waals surface area (Å²) in [5, 5.41) is 14.9. The van der Waals surface area contributed by atoms with Gasteiger partial charge in [0.2, 0.25) is 0 Å². The summed E-state index contributed by atoms with van der Waals surface area (Å²) in [6.45, 7) is 8.29. The molecule has 0 radical (unpaired) electrons. The van der Waals surface area contributed by atoms with Crippen molar-refractivity contribution in [2.24, 2.45) is 17.3 Å². The van der Waals surface area contributed by atoms with E-state index in [-0.39, 0.29) is 29.3 Å². The van der Waals surface area contributed by atoms with Crippen LogP contribution in [0.15, 0.2) is 18.3 Å². The van der Waals surface area contributed by atoms with Gasteiger partial charge in [-0.3, -0.25) is 9.78 Å². The van der Waals surface area contributed by atoms with Crippen LogP contribution in [0.4, 0.5) is 4.79 Å². The number of carboxylic acids is 1. The number of aromatic nitrogens is 1. The van der Waals surface area contributed by atoms with Crippen molar-refractivity contribution < 1.29 is 14.7 Å². The molecule has 132 valence electrons. The number of pyridine rings is 1. The first kappa shape index (κ1) is 18.2. The van der Waals surface area contributed by atoms with Crippen LogP contribution < -0.4 is 10.6 Å². The minimum absolute atomic E-state index is 0.0782. The van der Waals surface area contributed by atoms with E-state index in [2.05, 4.69) is 22.5 Å². The van der Waals surface area contributed by atoms with Crippen LogP contribution in [0.5, 0.6) is 0 Å². The van der Waals surface area contributed by atoms with E-state index in [0.717, 1.165) is 12.1 Å². The van der Waals surface area contributed by atoms with Crippen LogP contribution in [0, 0.1) is 17.3 Å². The van der Waals surface area contributed by atoms with Gasteiger partial charge in [-0.15, -0.1) is 0 Å². The zero-order valence-electron chi connectivity index (χ0n) is 14.8. The lowest BCUT2D eigenvalue weighted by Gasteiger charge is -2.52. The van der Waals surface area contributed by atoms with Gasteiger partial charge in [-0.25, -0.2) is 4.79 Å². The number of carboxylic acid groups (broad SMARTS) is 1. The SMILES string of the molecule is CCc1ccnc(CNC(=O)NC(C)[C@@H]2C[C@H](C(=O)O)C2(C)C)c1. The minimum Gasteiger partial charge on any atom is -0.481 e. The summed E-state index contributed by atoms with van der Waals surface area (Å²) in [7, 11) is 0. The molecule has 0 aromatic carbocycles. The van der Waals surface area contributed by atoms with E-state index < -0.39 is 5.97 Å². The second-order valence-corrected chi connectivity index (χ2v) is 7.18. The van der Waals surface area contributed by atoms with Gasteiger partial charge in [0.1, 0.15) is 0 Å². The van der Waals surface area contributed by atoms with Crippen molar-refractivity contribution in [2.75, 3.05) is 0 Å². The lowest BCUT2D eigenvalue weighted by atomic mass is 9.53. The Hall–Kier alpha value is -2.11. The molecule has 6 nitrogen and oxygen atoms in total. The van der Waals surface area contributed by atoms with E-state index in [1.807, 2.05) is 32.9 Å². The molecule has 1 aliphatic carbocycles. The standard InChI is InChI=1S/C18H27N3O3/c1-5-12-6-7-19-13(8-12)10-20-17(24)21-11(2)14-9-15(16(22)23)18(14,3)4/h6-8,11,14-15H,5,9-10H2,1-4H3,(H,22,23)(H2,20,21,24)/t11?,14-,15+/m0/s1. The van der Waals surface area contributed by atoms with Gasteiger partial charge in [0.15, 0.2) is 0 Å². The van der Waals surface area contributed by atoms with Crippen molar-refractivity contribution >= 4 is 12.0 Å². The molecule has 0 saturated heterocycles. The van der Waals surface area contributed by atoms with Gasteiger partial charge >= 0.3 is 12.0 Å². The molecule has 6 heteroatoms. The Morgan fingerprint density at radius 3 is 2.75 bits per heavy atom. The fourth-order valence-electron chi connectivity index (χ4n) is 3.60. The Bertz CT molecular complexity index is 615. The number of rotatable bonds is 6. The van der Waals surface area contributed by atoms with Crippen molar-refractivity contribution in [2.45, 2.75) is 53.1 Å². The molecule has 24 heavy (non-hydrogen) atoms. The van der Waals surface area contributed by atoms with Crippen molar-refractivity contribution in [3.8, 4) is 0 Å². The number of aliphatic carboxylic acids is 1. The van der Waals surface area contributed by atoms with E-state index in [9.17, 15) is 14.7 Å². The number of hydrogen-bond donors (Lipinski definition) is 3. The lowest BCUT2D eigenvalue weighted by molar-refractivity contribution is -0.160. The molecule has 1 fully saturated rings. The van der Waals surface area contributed by atoms with Crippen LogP contribution in [0.1, 0.15) is 45.4 Å². The molecule has 3 N–H and O–H groups in total. The predicted octanol–water partition coefficient (Wildman–Crippen LogP) is 2.58. The molecule has 0 aliphatic heterocycles. The molecule has 3 atom stereocenters. The first-order valence-corrected chi connectivity index (χ1v) is 8.46. The quantitative estimate of drug-likeness (QED) is 0.746. The first-order chi connectivity index (χ1) is 11.3. The maximum atomic E-state index is 12.1. The molecule has 1 heterocycles. The van der Waals surface area contributed by atoms with Crippen molar-refractivity contribution in [1.29, 1.82) is 0 Å². The normalized spacial score (nSPS) is 23.0. The number of nitrogens with one attached hydrogen (secondary N) is 2. The van der Waals surface area contributed by atoms with Crippen molar-refractivity contribution in [3.05, 3.63) is 29.6 Å². The smallest absolute Gasteiger partial charge is 0.315 e. The Morgan fingerprint density at radius 1 is 1.46 bits per heavy atom. The monoisotopic (exact) mass is 333 g/mol. The van der Waals surface area contributed by atoms with E-state index in [0.29, 0.717) is 13.0 Å². The third kappa shape index (κ3) is 3.86. The molecule has 0 spiro atoms. The number of urea groups is 1. The van der Waals surface area contributed by atoms with Gasteiger partial charge in [-0.05, 0) is 48.8 Å². The summed E-state index contributed by atoms with van der Waals surface area (Å²) in [6.07, 6.45) is 3.28. The molecular formula is C18H27N3O3. The van der Waals surface area contributed by atoms with Gasteiger partial charge in [0.05, 0.1) is 18.2 Å². The molecule has 1 aliphatic rings. The van der Waals surface area contributed by atoms with E-state index in [1.54, 1.807) is 6.20 Å². The van der Waals surface area contributed by atoms with E-state index >= 15 is 0 Å². The summed E-state index contributed by atoms with van der Waals surface area (Å²) in [6, 6.07) is 3.62. The third-order valence-electron chi connectivity index (χ3n) is 5.32. The van der Waals surface area contributed by atoms with Crippen LogP contribution in [0.3, 0.4) is 0 Å². The number of nitrogens with zero attached hydrogens (tertiary/aromatic N) is 1. The van der Waals surface area contributed by atoms with Crippen LogP contribution >= 0.6 is 0 Å². The highest BCUT2D eigenvalue weighted by Gasteiger charge is 2.53. The number of hydrogen-bond acceptors (Lipinski definition) is 3. The van der Waals surface area contributed by atoms with Gasteiger partial charge in [-0.2, -0.15) is 0 Å². The molecular weight excluding hydrogens is 306 g/mol. The second-order valence-electron chi connectivity index (χ2n) is 7.18. The lowest BCUT2D eigenvalue weighted by Crippen LogP contribution is -2.57. The van der Waals surface area contributed by atoms with Gasteiger partial charge in [0.25, 0.3) is 0 Å². The number of carbonyl (C=O) groups is 2. The third-order valence-corrected chi connectivity index (χ3v) is 5.32. The molecule has 1 unspecified atom stereocenters. The van der Waals surface area contributed by atoms with Gasteiger partial charge < -0.3 is 15.7 Å². The first-order valence-electron chi connectivity index (χ1n) is 8.46. The molecule has 1 saturated carbocycles. The molecule has 2 rings (SSSR count). The fraction of sp³-hybridized carbons (Fsp3) is 0.611. The van der Waals surface area contributed by atoms with Crippen molar-refractivity contribution in [1.82, 2.24) is 15.6 Å². The van der Waals surface area contributed by atoms with Crippen LogP contribution in [-0.2, 0) is 17.8 Å². The molecule has 1 aromatic rings. The molecule has 1 aromatic heterocycles. The minimum atomic E-state index is -0.755. The highest BCUT2D eigenvalue weighted by Crippen LogP contribution is 2.52. The maximum absolute atomic E-state index is 12.1. The maximum Gasteiger partial charge on any atom is 0.315 e. The molecule has 2 amide bonds. The largest absolute Gasteiger partial charge is 0.481 e. The topological polar surface area (TPSA) is 91.3 Å². The molecule has 0 bridgehead atoms. The Labute approximate surface area is 143 Å². The van der Waals surface area contributed by atoms with Crippen LogP contribution in [-0.4, -0.2) is 28.1 Å². The van der Waals surface area contributed by atoms with Crippen molar-refractivity contribution in [3.63, 3.8) is 0 Å². The Morgan fingerprint density at radius 2 is 2.17 bits per heavy atom. The Kier molecular flexibility index (Phi) is 5.47. The van der Waals surface area contributed by atoms with Crippen LogP contribution in [0.2, 0.25) is 0 Å². The highest BCUT2D eigenvalue weighted by molar-refractivity contribution is 5.75. The average Bonchev–Trinajstić information content (AvgIpc) is 2.51. The van der Waals surface area contributed by atoms with E-state index in [4.69, 9.17) is 0 Å². The summed E-state index contributed by atoms with van der Waals surface area (Å²) in [5.74, 6) is -0.934. The Balaban J connectivity index is 1.83. The summed E-state index contributed by atoms with van der Waals surface area (Å²) < 4.78 is 0. The average molecular weight is 333 g/mol. The second kappa shape index (κ2) is 7.20. The van der Waals surface area contributed by atoms with Crippen LogP contribution in [0.25, 0.3) is 0 Å². The summed E-state index contributed by atoms with van der Waals surface area (Å²) in [5.41, 5.74) is 1.70. The zero-order chi connectivity index (χ0) is 17.9. The zero-order valence-corrected chi connectivity index (χ0v) is 14.8. The summed E-state index contributed by atoms with van der Waals surface area (Å²) in [4.78, 5) is 27.5. The van der Waals surface area contributed by atoms with Gasteiger partial charge in [-0.1, -0.05) is 20.8 Å².